The highest BCUT2D eigenvalue weighted by molar-refractivity contribution is 8.01. The lowest BCUT2D eigenvalue weighted by molar-refractivity contribution is -0.119. The SMILES string of the molecule is Cc1cccc(Nc2nnc(SCC(=O)N[C@@H](C)c3cccs3)s2)c1C. The molecule has 0 aliphatic heterocycles. The van der Waals surface area contributed by atoms with E-state index >= 15 is 0 Å². The third-order valence-corrected chi connectivity index (χ3v) is 6.95. The molecule has 26 heavy (non-hydrogen) atoms. The number of nitrogens with zero attached hydrogens (tertiary/aromatic N) is 2. The van der Waals surface area contributed by atoms with Crippen LogP contribution < -0.4 is 10.6 Å². The van der Waals surface area contributed by atoms with Crippen LogP contribution in [0.25, 0.3) is 0 Å². The molecule has 2 N–H and O–H groups in total. The molecule has 0 spiro atoms. The summed E-state index contributed by atoms with van der Waals surface area (Å²) >= 11 is 4.50. The van der Waals surface area contributed by atoms with Gasteiger partial charge in [-0.2, -0.15) is 0 Å². The molecule has 0 unspecified atom stereocenters. The van der Waals surface area contributed by atoms with Crippen LogP contribution in [0.4, 0.5) is 10.8 Å². The summed E-state index contributed by atoms with van der Waals surface area (Å²) in [5, 5.41) is 17.4. The average Bonchev–Trinajstić information content (AvgIpc) is 3.29. The van der Waals surface area contributed by atoms with Gasteiger partial charge >= 0.3 is 0 Å². The molecule has 3 rings (SSSR count). The summed E-state index contributed by atoms with van der Waals surface area (Å²) < 4.78 is 0.775. The first kappa shape index (κ1) is 18.9. The van der Waals surface area contributed by atoms with Gasteiger partial charge in [0.2, 0.25) is 11.0 Å². The quantitative estimate of drug-likeness (QED) is 0.547. The number of aromatic nitrogens is 2. The maximum atomic E-state index is 12.1. The number of nitrogens with one attached hydrogen (secondary N) is 2. The average molecular weight is 405 g/mol. The van der Waals surface area contributed by atoms with Gasteiger partial charge in [0.05, 0.1) is 11.8 Å². The van der Waals surface area contributed by atoms with Gasteiger partial charge in [-0.05, 0) is 49.4 Å². The fourth-order valence-corrected chi connectivity index (χ4v) is 4.65. The molecule has 1 amide bonds. The van der Waals surface area contributed by atoms with Crippen molar-refractivity contribution in [3.05, 3.63) is 51.7 Å². The van der Waals surface area contributed by atoms with E-state index in [9.17, 15) is 4.79 Å². The minimum atomic E-state index is -0.00450. The molecule has 3 aromatic rings. The van der Waals surface area contributed by atoms with Gasteiger partial charge in [-0.1, -0.05) is 41.3 Å². The maximum Gasteiger partial charge on any atom is 0.230 e. The highest BCUT2D eigenvalue weighted by Crippen LogP contribution is 2.29. The number of hydrogen-bond donors (Lipinski definition) is 2. The first-order chi connectivity index (χ1) is 12.5. The van der Waals surface area contributed by atoms with Crippen LogP contribution in [0.3, 0.4) is 0 Å². The Kier molecular flexibility index (Phi) is 6.29. The van der Waals surface area contributed by atoms with Crippen LogP contribution in [-0.2, 0) is 4.79 Å². The minimum absolute atomic E-state index is 0.00450. The predicted molar refractivity (Wildman–Crippen MR) is 111 cm³/mol. The Morgan fingerprint density at radius 2 is 2.08 bits per heavy atom. The molecule has 1 aromatic carbocycles. The van der Waals surface area contributed by atoms with Crippen LogP contribution >= 0.6 is 34.4 Å². The van der Waals surface area contributed by atoms with Gasteiger partial charge in [0.25, 0.3) is 0 Å². The summed E-state index contributed by atoms with van der Waals surface area (Å²) in [6, 6.07) is 10.2. The number of anilines is 2. The zero-order valence-corrected chi connectivity index (χ0v) is 17.2. The molecule has 1 atom stereocenters. The monoisotopic (exact) mass is 404 g/mol. The highest BCUT2D eigenvalue weighted by Gasteiger charge is 2.13. The Morgan fingerprint density at radius 3 is 2.85 bits per heavy atom. The molecule has 0 saturated heterocycles. The van der Waals surface area contributed by atoms with Crippen molar-refractivity contribution in [3.8, 4) is 0 Å². The number of hydrogen-bond acceptors (Lipinski definition) is 7. The van der Waals surface area contributed by atoms with Crippen molar-refractivity contribution in [3.63, 3.8) is 0 Å². The first-order valence-electron chi connectivity index (χ1n) is 8.15. The molecule has 2 heterocycles. The lowest BCUT2D eigenvalue weighted by Crippen LogP contribution is -2.27. The zero-order chi connectivity index (χ0) is 18.5. The van der Waals surface area contributed by atoms with Gasteiger partial charge < -0.3 is 10.6 Å². The predicted octanol–water partition coefficient (Wildman–Crippen LogP) is 4.93. The van der Waals surface area contributed by atoms with E-state index in [1.165, 1.54) is 34.2 Å². The fraction of sp³-hybridized carbons (Fsp3) is 0.278. The third-order valence-electron chi connectivity index (χ3n) is 3.93. The van der Waals surface area contributed by atoms with Gasteiger partial charge in [-0.25, -0.2) is 0 Å². The van der Waals surface area contributed by atoms with Crippen molar-refractivity contribution in [2.24, 2.45) is 0 Å². The van der Waals surface area contributed by atoms with E-state index in [4.69, 9.17) is 0 Å². The Labute approximate surface area is 165 Å². The minimum Gasteiger partial charge on any atom is -0.348 e. The van der Waals surface area contributed by atoms with Crippen LogP contribution in [0.2, 0.25) is 0 Å². The fourth-order valence-electron chi connectivity index (χ4n) is 2.34. The normalized spacial score (nSPS) is 12.0. The maximum absolute atomic E-state index is 12.1. The summed E-state index contributed by atoms with van der Waals surface area (Å²) in [4.78, 5) is 13.3. The molecule has 0 aliphatic rings. The lowest BCUT2D eigenvalue weighted by atomic mass is 10.1. The zero-order valence-electron chi connectivity index (χ0n) is 14.8. The number of rotatable bonds is 7. The van der Waals surface area contributed by atoms with E-state index in [1.54, 1.807) is 11.3 Å². The number of aryl methyl sites for hydroxylation is 1. The lowest BCUT2D eigenvalue weighted by Gasteiger charge is -2.11. The molecule has 2 aromatic heterocycles. The van der Waals surface area contributed by atoms with E-state index in [1.807, 2.05) is 36.6 Å². The second-order valence-electron chi connectivity index (χ2n) is 5.84. The Bertz CT molecular complexity index is 876. The number of thiophene rings is 1. The van der Waals surface area contributed by atoms with E-state index < -0.39 is 0 Å². The molecule has 0 radical (unpaired) electrons. The van der Waals surface area contributed by atoms with Crippen LogP contribution in [0.5, 0.6) is 0 Å². The smallest absolute Gasteiger partial charge is 0.230 e. The van der Waals surface area contributed by atoms with Crippen molar-refractivity contribution in [1.29, 1.82) is 0 Å². The van der Waals surface area contributed by atoms with E-state index in [0.29, 0.717) is 5.75 Å². The Balaban J connectivity index is 1.52. The molecule has 0 aliphatic carbocycles. The standard InChI is InChI=1S/C18H20N4OS3/c1-11-6-4-7-14(12(11)2)20-17-21-22-18(26-17)25-10-16(23)19-13(3)15-8-5-9-24-15/h4-9,13H,10H2,1-3H3,(H,19,23)(H,20,21)/t13-/m0/s1. The molecular weight excluding hydrogens is 384 g/mol. The van der Waals surface area contributed by atoms with Crippen LogP contribution in [0.15, 0.2) is 40.1 Å². The van der Waals surface area contributed by atoms with Crippen molar-refractivity contribution < 1.29 is 4.79 Å². The van der Waals surface area contributed by atoms with Crippen molar-refractivity contribution in [2.45, 2.75) is 31.2 Å². The van der Waals surface area contributed by atoms with E-state index in [0.717, 1.165) is 20.0 Å². The molecule has 0 bridgehead atoms. The first-order valence-corrected chi connectivity index (χ1v) is 10.8. The van der Waals surface area contributed by atoms with Crippen LogP contribution in [-0.4, -0.2) is 21.9 Å². The van der Waals surface area contributed by atoms with Crippen molar-refractivity contribution in [2.75, 3.05) is 11.1 Å². The molecular formula is C18H20N4OS3. The molecule has 5 nitrogen and oxygen atoms in total. The number of amides is 1. The van der Waals surface area contributed by atoms with E-state index in [-0.39, 0.29) is 11.9 Å². The van der Waals surface area contributed by atoms with Gasteiger partial charge in [-0.3, -0.25) is 4.79 Å². The van der Waals surface area contributed by atoms with Crippen molar-refractivity contribution >= 4 is 51.2 Å². The third kappa shape index (κ3) is 4.84. The van der Waals surface area contributed by atoms with Gasteiger partial charge in [-0.15, -0.1) is 21.5 Å². The Hall–Kier alpha value is -1.90. The molecule has 136 valence electrons. The summed E-state index contributed by atoms with van der Waals surface area (Å²) in [5.74, 6) is 0.323. The van der Waals surface area contributed by atoms with E-state index in [2.05, 4.69) is 40.7 Å². The summed E-state index contributed by atoms with van der Waals surface area (Å²) in [5.41, 5.74) is 3.45. The molecule has 8 heteroatoms. The van der Waals surface area contributed by atoms with Crippen molar-refractivity contribution in [1.82, 2.24) is 15.5 Å². The summed E-state index contributed by atoms with van der Waals surface area (Å²) in [7, 11) is 0. The Morgan fingerprint density at radius 1 is 1.23 bits per heavy atom. The largest absolute Gasteiger partial charge is 0.348 e. The van der Waals surface area contributed by atoms with Gasteiger partial charge in [0.15, 0.2) is 4.34 Å². The van der Waals surface area contributed by atoms with Crippen LogP contribution in [0.1, 0.15) is 29.0 Å². The molecule has 0 saturated carbocycles. The highest BCUT2D eigenvalue weighted by atomic mass is 32.2. The molecule has 0 fully saturated rings. The number of carbonyl (C=O) groups excluding carboxylic acids is 1. The number of carbonyl (C=O) groups is 1. The second kappa shape index (κ2) is 8.66. The topological polar surface area (TPSA) is 66.9 Å². The second-order valence-corrected chi connectivity index (χ2v) is 9.02. The summed E-state index contributed by atoms with van der Waals surface area (Å²) in [6.45, 7) is 6.15. The van der Waals surface area contributed by atoms with Gasteiger partial charge in [0, 0.05) is 10.6 Å². The van der Waals surface area contributed by atoms with Gasteiger partial charge in [0.1, 0.15) is 0 Å². The van der Waals surface area contributed by atoms with Crippen LogP contribution in [0, 0.1) is 13.8 Å². The summed E-state index contributed by atoms with van der Waals surface area (Å²) in [6.07, 6.45) is 0. The number of thioether (sulfide) groups is 1. The number of benzene rings is 1.